The first-order valence-corrected chi connectivity index (χ1v) is 10.9. The van der Waals surface area contributed by atoms with Gasteiger partial charge >= 0.3 is 0 Å². The zero-order valence-corrected chi connectivity index (χ0v) is 18.2. The predicted molar refractivity (Wildman–Crippen MR) is 114 cm³/mol. The zero-order valence-electron chi connectivity index (χ0n) is 16.7. The van der Waals surface area contributed by atoms with Gasteiger partial charge in [-0.25, -0.2) is 13.9 Å². The van der Waals surface area contributed by atoms with Crippen LogP contribution in [0.25, 0.3) is 16.9 Å². The maximum atomic E-state index is 14.4. The minimum Gasteiger partial charge on any atom is -0.335 e. The van der Waals surface area contributed by atoms with E-state index < -0.39 is 0 Å². The summed E-state index contributed by atoms with van der Waals surface area (Å²) in [4.78, 5) is 19.7. The lowest BCUT2D eigenvalue weighted by Crippen LogP contribution is -2.38. The standard InChI is InChI=1S/C22H24BrFN4O/c1-3-16-12-20(22(29)27-10-6-4-5-7-14(27)2)25-21-13-19(26-28(16)21)17-9-8-15(23)11-18(17)24/h8-9,11-14H,3-7,10H2,1-2H3. The third-order valence-corrected chi connectivity index (χ3v) is 6.10. The summed E-state index contributed by atoms with van der Waals surface area (Å²) in [6, 6.07) is 8.67. The highest BCUT2D eigenvalue weighted by Crippen LogP contribution is 2.26. The smallest absolute Gasteiger partial charge is 0.272 e. The second-order valence-electron chi connectivity index (χ2n) is 7.61. The Morgan fingerprint density at radius 2 is 2.07 bits per heavy atom. The molecule has 0 N–H and O–H groups in total. The molecule has 0 radical (unpaired) electrons. The topological polar surface area (TPSA) is 50.5 Å². The van der Waals surface area contributed by atoms with Gasteiger partial charge in [0.2, 0.25) is 0 Å². The van der Waals surface area contributed by atoms with Crippen molar-refractivity contribution in [3.8, 4) is 11.3 Å². The fourth-order valence-corrected chi connectivity index (χ4v) is 4.28. The number of hydrogen-bond acceptors (Lipinski definition) is 3. The Labute approximate surface area is 178 Å². The Morgan fingerprint density at radius 1 is 1.24 bits per heavy atom. The van der Waals surface area contributed by atoms with Gasteiger partial charge in [0.05, 0.1) is 5.69 Å². The Bertz CT molecular complexity index is 1060. The number of rotatable bonds is 3. The van der Waals surface area contributed by atoms with Crippen molar-refractivity contribution in [2.24, 2.45) is 0 Å². The quantitative estimate of drug-likeness (QED) is 0.537. The lowest BCUT2D eigenvalue weighted by Gasteiger charge is -2.27. The molecular weight excluding hydrogens is 435 g/mol. The number of aryl methyl sites for hydroxylation is 1. The first-order valence-electron chi connectivity index (χ1n) is 10.1. The number of likely N-dealkylation sites (tertiary alicyclic amines) is 1. The third kappa shape index (κ3) is 3.92. The van der Waals surface area contributed by atoms with Crippen LogP contribution < -0.4 is 0 Å². The van der Waals surface area contributed by atoms with E-state index in [1.807, 2.05) is 17.9 Å². The van der Waals surface area contributed by atoms with Crippen molar-refractivity contribution in [3.05, 3.63) is 52.0 Å². The van der Waals surface area contributed by atoms with Crippen LogP contribution in [0, 0.1) is 5.82 Å². The van der Waals surface area contributed by atoms with E-state index in [0.717, 1.165) is 37.9 Å². The monoisotopic (exact) mass is 458 g/mol. The van der Waals surface area contributed by atoms with Gasteiger partial charge in [-0.1, -0.05) is 35.7 Å². The average molecular weight is 459 g/mol. The Kier molecular flexibility index (Phi) is 5.67. The van der Waals surface area contributed by atoms with Crippen LogP contribution >= 0.6 is 15.9 Å². The molecular formula is C22H24BrFN4O. The molecule has 7 heteroatoms. The van der Waals surface area contributed by atoms with E-state index in [4.69, 9.17) is 0 Å². The van der Waals surface area contributed by atoms with E-state index in [0.29, 0.717) is 33.5 Å². The highest BCUT2D eigenvalue weighted by atomic mass is 79.9. The van der Waals surface area contributed by atoms with Crippen molar-refractivity contribution in [2.75, 3.05) is 6.54 Å². The van der Waals surface area contributed by atoms with Crippen molar-refractivity contribution in [3.63, 3.8) is 0 Å². The van der Waals surface area contributed by atoms with E-state index in [-0.39, 0.29) is 17.8 Å². The molecule has 0 aliphatic carbocycles. The molecule has 2 aromatic heterocycles. The molecule has 5 nitrogen and oxygen atoms in total. The summed E-state index contributed by atoms with van der Waals surface area (Å²) < 4.78 is 16.8. The summed E-state index contributed by atoms with van der Waals surface area (Å²) >= 11 is 3.28. The van der Waals surface area contributed by atoms with Gasteiger partial charge in [-0.05, 0) is 50.5 Å². The van der Waals surface area contributed by atoms with Crippen LogP contribution in [-0.2, 0) is 6.42 Å². The van der Waals surface area contributed by atoms with Crippen LogP contribution in [0.15, 0.2) is 34.8 Å². The van der Waals surface area contributed by atoms with Gasteiger partial charge in [0.25, 0.3) is 5.91 Å². The molecule has 1 unspecified atom stereocenters. The summed E-state index contributed by atoms with van der Waals surface area (Å²) in [6.07, 6.45) is 5.06. The Morgan fingerprint density at radius 3 is 2.83 bits per heavy atom. The third-order valence-electron chi connectivity index (χ3n) is 5.60. The highest BCUT2D eigenvalue weighted by Gasteiger charge is 2.25. The molecule has 0 bridgehead atoms. The molecule has 0 saturated carbocycles. The van der Waals surface area contributed by atoms with Crippen LogP contribution in [0.4, 0.5) is 4.39 Å². The van der Waals surface area contributed by atoms with Crippen molar-refractivity contribution >= 4 is 27.5 Å². The molecule has 1 fully saturated rings. The van der Waals surface area contributed by atoms with Crippen LogP contribution in [0.5, 0.6) is 0 Å². The van der Waals surface area contributed by atoms with Gasteiger partial charge < -0.3 is 4.90 Å². The largest absolute Gasteiger partial charge is 0.335 e. The molecule has 1 saturated heterocycles. The van der Waals surface area contributed by atoms with E-state index in [2.05, 4.69) is 32.9 Å². The summed E-state index contributed by atoms with van der Waals surface area (Å²) in [5, 5.41) is 4.56. The van der Waals surface area contributed by atoms with Crippen LogP contribution in [0.1, 0.15) is 55.7 Å². The van der Waals surface area contributed by atoms with Crippen molar-refractivity contribution in [2.45, 2.75) is 52.0 Å². The minimum atomic E-state index is -0.351. The SMILES string of the molecule is CCc1cc(C(=O)N2CCCCCC2C)nc2cc(-c3ccc(Br)cc3F)nn12. The zero-order chi connectivity index (χ0) is 20.5. The van der Waals surface area contributed by atoms with Gasteiger partial charge in [-0.3, -0.25) is 4.79 Å². The summed E-state index contributed by atoms with van der Waals surface area (Å²) in [6.45, 7) is 4.89. The Balaban J connectivity index is 1.76. The number of aromatic nitrogens is 3. The second-order valence-corrected chi connectivity index (χ2v) is 8.52. The van der Waals surface area contributed by atoms with E-state index in [9.17, 15) is 9.18 Å². The average Bonchev–Trinajstić information content (AvgIpc) is 3.01. The molecule has 1 aliphatic heterocycles. The first-order chi connectivity index (χ1) is 14.0. The summed E-state index contributed by atoms with van der Waals surface area (Å²) in [5.74, 6) is -0.385. The number of carbonyl (C=O) groups excluding carboxylic acids is 1. The van der Waals surface area contributed by atoms with E-state index in [1.54, 1.807) is 22.7 Å². The first kappa shape index (κ1) is 20.0. The van der Waals surface area contributed by atoms with Crippen LogP contribution in [-0.4, -0.2) is 38.0 Å². The normalized spacial score (nSPS) is 17.5. The van der Waals surface area contributed by atoms with Gasteiger partial charge in [0, 0.05) is 34.4 Å². The summed E-state index contributed by atoms with van der Waals surface area (Å²) in [5.41, 5.74) is 2.79. The molecule has 3 heterocycles. The number of carbonyl (C=O) groups is 1. The molecule has 3 aromatic rings. The maximum Gasteiger partial charge on any atom is 0.272 e. The number of nitrogens with zero attached hydrogens (tertiary/aromatic N) is 4. The fourth-order valence-electron chi connectivity index (χ4n) is 3.95. The lowest BCUT2D eigenvalue weighted by atomic mass is 10.1. The summed E-state index contributed by atoms with van der Waals surface area (Å²) in [7, 11) is 0. The van der Waals surface area contributed by atoms with Crippen LogP contribution in [0.3, 0.4) is 0 Å². The number of benzene rings is 1. The van der Waals surface area contributed by atoms with E-state index >= 15 is 0 Å². The van der Waals surface area contributed by atoms with Crippen molar-refractivity contribution in [1.29, 1.82) is 0 Å². The van der Waals surface area contributed by atoms with Gasteiger partial charge in [-0.2, -0.15) is 5.10 Å². The molecule has 152 valence electrons. The molecule has 1 atom stereocenters. The predicted octanol–water partition coefficient (Wildman–Crippen LogP) is 5.27. The van der Waals surface area contributed by atoms with E-state index in [1.165, 1.54) is 6.07 Å². The molecule has 29 heavy (non-hydrogen) atoms. The molecule has 1 aliphatic rings. The molecule has 4 rings (SSSR count). The molecule has 1 aromatic carbocycles. The second kappa shape index (κ2) is 8.22. The number of hydrogen-bond donors (Lipinski definition) is 0. The molecule has 1 amide bonds. The van der Waals surface area contributed by atoms with Crippen LogP contribution in [0.2, 0.25) is 0 Å². The number of amides is 1. The maximum absolute atomic E-state index is 14.4. The van der Waals surface area contributed by atoms with Gasteiger partial charge in [0.15, 0.2) is 5.65 Å². The van der Waals surface area contributed by atoms with Crippen molar-refractivity contribution in [1.82, 2.24) is 19.5 Å². The van der Waals surface area contributed by atoms with Gasteiger partial charge in [0.1, 0.15) is 11.5 Å². The molecule has 0 spiro atoms. The fraction of sp³-hybridized carbons (Fsp3) is 0.409. The minimum absolute atomic E-state index is 0.0332. The highest BCUT2D eigenvalue weighted by molar-refractivity contribution is 9.10. The number of halogens is 2. The lowest BCUT2D eigenvalue weighted by molar-refractivity contribution is 0.0692. The van der Waals surface area contributed by atoms with Gasteiger partial charge in [-0.15, -0.1) is 0 Å². The number of fused-ring (bicyclic) bond motifs is 1. The van der Waals surface area contributed by atoms with Crippen molar-refractivity contribution < 1.29 is 9.18 Å². The Hall–Kier alpha value is -2.28.